The summed E-state index contributed by atoms with van der Waals surface area (Å²) in [5, 5.41) is 44.4. The van der Waals surface area contributed by atoms with Gasteiger partial charge in [-0.1, -0.05) is 0 Å². The molecule has 0 saturated carbocycles. The monoisotopic (exact) mass is 222 g/mol. The zero-order valence-corrected chi connectivity index (χ0v) is 7.55. The van der Waals surface area contributed by atoms with E-state index in [0.29, 0.717) is 0 Å². The van der Waals surface area contributed by atoms with Gasteiger partial charge in [-0.15, -0.1) is 0 Å². The van der Waals surface area contributed by atoms with Crippen LogP contribution < -0.4 is 0 Å². The van der Waals surface area contributed by atoms with Crippen LogP contribution >= 0.6 is 0 Å². The minimum atomic E-state index is -2.07. The van der Waals surface area contributed by atoms with Gasteiger partial charge in [-0.25, -0.2) is 4.79 Å². The summed E-state index contributed by atoms with van der Waals surface area (Å²) in [6.07, 6.45) is -6.24. The van der Waals surface area contributed by atoms with Crippen LogP contribution in [0.15, 0.2) is 0 Å². The van der Waals surface area contributed by atoms with Gasteiger partial charge in [-0.05, 0) is 0 Å². The molecule has 4 atom stereocenters. The topological polar surface area (TPSA) is 137 Å². The van der Waals surface area contributed by atoms with Gasteiger partial charge >= 0.3 is 13.3 Å². The number of aliphatic hydroxyl groups is 3. The molecule has 1 aliphatic heterocycles. The molecule has 0 aromatic heterocycles. The highest BCUT2D eigenvalue weighted by Crippen LogP contribution is 2.20. The molecular formula is C6H11BO8. The molecule has 9 heteroatoms. The van der Waals surface area contributed by atoms with Crippen molar-refractivity contribution in [1.82, 2.24) is 0 Å². The first-order valence-electron chi connectivity index (χ1n) is 4.16. The Morgan fingerprint density at radius 2 is 2.00 bits per heavy atom. The average molecular weight is 222 g/mol. The van der Waals surface area contributed by atoms with E-state index in [2.05, 4.69) is 9.31 Å². The van der Waals surface area contributed by atoms with Gasteiger partial charge in [-0.2, -0.15) is 0 Å². The lowest BCUT2D eigenvalue weighted by Gasteiger charge is -2.23. The van der Waals surface area contributed by atoms with E-state index in [4.69, 9.17) is 20.3 Å². The summed E-state index contributed by atoms with van der Waals surface area (Å²) < 4.78 is 9.19. The van der Waals surface area contributed by atoms with Gasteiger partial charge in [0.05, 0.1) is 12.7 Å². The largest absolute Gasteiger partial charge is 0.637 e. The van der Waals surface area contributed by atoms with Crippen molar-refractivity contribution in [2.45, 2.75) is 24.4 Å². The number of hydrogen-bond donors (Lipinski definition) is 5. The molecule has 1 rings (SSSR count). The van der Waals surface area contributed by atoms with Crippen LogP contribution in [0.1, 0.15) is 0 Å². The van der Waals surface area contributed by atoms with E-state index in [0.717, 1.165) is 0 Å². The number of rotatable bonds is 4. The lowest BCUT2D eigenvalue weighted by Crippen LogP contribution is -2.47. The Hall–Kier alpha value is -0.705. The van der Waals surface area contributed by atoms with Crippen molar-refractivity contribution >= 4 is 13.3 Å². The number of aliphatic hydroxyl groups excluding tert-OH is 3. The summed E-state index contributed by atoms with van der Waals surface area (Å²) in [7, 11) is -1.65. The second-order valence-electron chi connectivity index (χ2n) is 3.04. The second-order valence-corrected chi connectivity index (χ2v) is 3.04. The molecule has 86 valence electrons. The van der Waals surface area contributed by atoms with Crippen molar-refractivity contribution in [2.75, 3.05) is 6.61 Å². The summed E-state index contributed by atoms with van der Waals surface area (Å²) in [5.74, 6) is -1.64. The van der Waals surface area contributed by atoms with E-state index in [1.807, 2.05) is 0 Å². The molecule has 5 N–H and O–H groups in total. The molecule has 1 aliphatic rings. The molecule has 1 fully saturated rings. The molecule has 1 heterocycles. The summed E-state index contributed by atoms with van der Waals surface area (Å²) in [6.45, 7) is -0.578. The van der Waals surface area contributed by atoms with E-state index in [9.17, 15) is 9.90 Å². The Morgan fingerprint density at radius 1 is 1.40 bits per heavy atom. The lowest BCUT2D eigenvalue weighted by atomic mass is 10.0. The third kappa shape index (κ3) is 2.65. The maximum atomic E-state index is 10.3. The first-order valence-corrected chi connectivity index (χ1v) is 4.16. The molecule has 1 saturated heterocycles. The van der Waals surface area contributed by atoms with Gasteiger partial charge < -0.3 is 34.8 Å². The van der Waals surface area contributed by atoms with Crippen LogP contribution in [-0.4, -0.2) is 69.8 Å². The molecule has 0 aromatic carbocycles. The highest BCUT2D eigenvalue weighted by atomic mass is 16.7. The Labute approximate surface area is 84.8 Å². The fraction of sp³-hybridized carbons (Fsp3) is 0.833. The smallest absolute Gasteiger partial charge is 0.479 e. The Bertz CT molecular complexity index is 235. The van der Waals surface area contributed by atoms with Gasteiger partial charge in [0.15, 0.2) is 6.10 Å². The second kappa shape index (κ2) is 4.88. The van der Waals surface area contributed by atoms with Crippen molar-refractivity contribution in [3.05, 3.63) is 0 Å². The number of carboxylic acid groups (broad SMARTS) is 1. The average Bonchev–Trinajstić information content (AvgIpc) is 2.57. The molecular weight excluding hydrogens is 211 g/mol. The number of carboxylic acids is 1. The van der Waals surface area contributed by atoms with Crippen molar-refractivity contribution in [3.8, 4) is 0 Å². The van der Waals surface area contributed by atoms with Gasteiger partial charge in [0.1, 0.15) is 12.2 Å². The number of carbonyl (C=O) groups is 1. The molecule has 0 aromatic rings. The Kier molecular flexibility index (Phi) is 4.02. The standard InChI is InChI=1S/C6H11BO8/c8-1-2-5(15-7(13)14-2)3(9)4(10)6(11)12/h2-5,8-10,13H,1H2,(H,11,12)/t2-,3-,4-,5-/m1/s1. The maximum absolute atomic E-state index is 10.3. The van der Waals surface area contributed by atoms with Crippen LogP contribution in [-0.2, 0) is 14.1 Å². The molecule has 15 heavy (non-hydrogen) atoms. The first kappa shape index (κ1) is 12.4. The molecule has 0 amide bonds. The molecule has 0 bridgehead atoms. The highest BCUT2D eigenvalue weighted by molar-refractivity contribution is 6.35. The molecule has 0 radical (unpaired) electrons. The minimum absolute atomic E-state index is 0.578. The molecule has 0 aliphatic carbocycles. The summed E-state index contributed by atoms with van der Waals surface area (Å²) in [6, 6.07) is 0. The fourth-order valence-corrected chi connectivity index (χ4v) is 1.25. The van der Waals surface area contributed by atoms with E-state index in [1.54, 1.807) is 0 Å². The molecule has 8 nitrogen and oxygen atoms in total. The Morgan fingerprint density at radius 3 is 2.47 bits per heavy atom. The zero-order chi connectivity index (χ0) is 11.6. The van der Waals surface area contributed by atoms with Crippen LogP contribution in [0.4, 0.5) is 0 Å². The van der Waals surface area contributed by atoms with E-state index in [-0.39, 0.29) is 0 Å². The van der Waals surface area contributed by atoms with Crippen molar-refractivity contribution in [3.63, 3.8) is 0 Å². The third-order valence-electron chi connectivity index (χ3n) is 2.02. The minimum Gasteiger partial charge on any atom is -0.479 e. The summed E-state index contributed by atoms with van der Waals surface area (Å²) in [5.41, 5.74) is 0. The van der Waals surface area contributed by atoms with Crippen molar-refractivity contribution in [2.24, 2.45) is 0 Å². The maximum Gasteiger partial charge on any atom is 0.637 e. The van der Waals surface area contributed by atoms with Gasteiger partial charge in [0, 0.05) is 0 Å². The number of hydrogen-bond acceptors (Lipinski definition) is 7. The van der Waals surface area contributed by atoms with Crippen LogP contribution in [0.25, 0.3) is 0 Å². The van der Waals surface area contributed by atoms with Crippen LogP contribution in [0.2, 0.25) is 0 Å². The van der Waals surface area contributed by atoms with E-state index >= 15 is 0 Å². The van der Waals surface area contributed by atoms with Gasteiger partial charge in [-0.3, -0.25) is 0 Å². The van der Waals surface area contributed by atoms with E-state index in [1.165, 1.54) is 0 Å². The van der Waals surface area contributed by atoms with E-state index < -0.39 is 44.3 Å². The van der Waals surface area contributed by atoms with Crippen molar-refractivity contribution < 1.29 is 39.6 Å². The fourth-order valence-electron chi connectivity index (χ4n) is 1.25. The van der Waals surface area contributed by atoms with Gasteiger partial charge in [0.25, 0.3) is 0 Å². The first-order chi connectivity index (χ1) is 6.97. The molecule has 0 unspecified atom stereocenters. The quantitative estimate of drug-likeness (QED) is 0.309. The number of aliphatic carboxylic acids is 1. The SMILES string of the molecule is O=C(O)[C@H](O)[C@@H](O)[C@@H]1OB(O)O[C@@H]1CO. The Balaban J connectivity index is 2.65. The predicted octanol–water partition coefficient (Wildman–Crippen LogP) is -3.45. The zero-order valence-electron chi connectivity index (χ0n) is 7.55. The van der Waals surface area contributed by atoms with Crippen molar-refractivity contribution in [1.29, 1.82) is 0 Å². The molecule has 0 spiro atoms. The summed E-state index contributed by atoms with van der Waals surface area (Å²) >= 11 is 0. The highest BCUT2D eigenvalue weighted by Gasteiger charge is 2.46. The van der Waals surface area contributed by atoms with Crippen LogP contribution in [0.5, 0.6) is 0 Å². The van der Waals surface area contributed by atoms with Gasteiger partial charge in [0.2, 0.25) is 0 Å². The lowest BCUT2D eigenvalue weighted by molar-refractivity contribution is -0.158. The van der Waals surface area contributed by atoms with Crippen LogP contribution in [0.3, 0.4) is 0 Å². The normalized spacial score (nSPS) is 30.3. The van der Waals surface area contributed by atoms with Crippen LogP contribution in [0, 0.1) is 0 Å². The predicted molar refractivity (Wildman–Crippen MR) is 44.5 cm³/mol. The summed E-state index contributed by atoms with van der Waals surface area (Å²) in [4.78, 5) is 10.3. The third-order valence-corrected chi connectivity index (χ3v) is 2.02.